The van der Waals surface area contributed by atoms with Crippen LogP contribution < -0.4 is 0 Å². The number of aryl methyl sites for hydroxylation is 1. The molecule has 1 unspecified atom stereocenters. The maximum atomic E-state index is 12.7. The van der Waals surface area contributed by atoms with E-state index in [-0.39, 0.29) is 11.3 Å². The lowest BCUT2D eigenvalue weighted by Crippen LogP contribution is -2.51. The van der Waals surface area contributed by atoms with Crippen molar-refractivity contribution in [3.8, 4) is 0 Å². The van der Waals surface area contributed by atoms with E-state index in [1.165, 1.54) is 0 Å². The minimum absolute atomic E-state index is 0.0806. The van der Waals surface area contributed by atoms with Crippen LogP contribution in [-0.4, -0.2) is 84.4 Å². The molecule has 7 nitrogen and oxygen atoms in total. The van der Waals surface area contributed by atoms with Gasteiger partial charge in [-0.05, 0) is 38.9 Å². The molecule has 0 bridgehead atoms. The van der Waals surface area contributed by atoms with Crippen molar-refractivity contribution in [1.82, 2.24) is 14.8 Å². The fourth-order valence-corrected chi connectivity index (χ4v) is 3.61. The SMILES string of the molecule is Cc1ccc(C(=O)N2CCCC3(COCCN(C)C3)C2)cn1.O=C(O)C(F)(F)F. The zero-order valence-electron chi connectivity index (χ0n) is 16.5. The molecule has 0 radical (unpaired) electrons. The highest BCUT2D eigenvalue weighted by molar-refractivity contribution is 5.94. The second-order valence-corrected chi connectivity index (χ2v) is 7.61. The molecule has 1 atom stereocenters. The van der Waals surface area contributed by atoms with Crippen molar-refractivity contribution in [2.24, 2.45) is 5.41 Å². The average molecular weight is 417 g/mol. The Morgan fingerprint density at radius 1 is 1.24 bits per heavy atom. The third-order valence-electron chi connectivity index (χ3n) is 4.98. The van der Waals surface area contributed by atoms with Crippen molar-refractivity contribution in [2.75, 3.05) is 46.4 Å². The number of amides is 1. The normalized spacial score (nSPS) is 23.1. The van der Waals surface area contributed by atoms with E-state index in [0.717, 1.165) is 57.9 Å². The Kier molecular flexibility index (Phi) is 7.59. The largest absolute Gasteiger partial charge is 0.490 e. The molecule has 2 aliphatic rings. The Morgan fingerprint density at radius 3 is 2.52 bits per heavy atom. The fourth-order valence-electron chi connectivity index (χ4n) is 3.61. The van der Waals surface area contributed by atoms with Gasteiger partial charge in [-0.15, -0.1) is 0 Å². The minimum atomic E-state index is -5.08. The molecule has 3 rings (SSSR count). The summed E-state index contributed by atoms with van der Waals surface area (Å²) in [7, 11) is 2.14. The topological polar surface area (TPSA) is 83.0 Å². The molecule has 0 aromatic carbocycles. The van der Waals surface area contributed by atoms with Crippen LogP contribution in [0.25, 0.3) is 0 Å². The number of carboxylic acids is 1. The molecule has 1 amide bonds. The highest BCUT2D eigenvalue weighted by Crippen LogP contribution is 2.33. The van der Waals surface area contributed by atoms with Crippen LogP contribution in [0.15, 0.2) is 18.3 Å². The van der Waals surface area contributed by atoms with E-state index < -0.39 is 12.1 Å². The van der Waals surface area contributed by atoms with E-state index in [1.807, 2.05) is 24.0 Å². The lowest BCUT2D eigenvalue weighted by atomic mass is 9.80. The number of aromatic nitrogens is 1. The van der Waals surface area contributed by atoms with Crippen molar-refractivity contribution < 1.29 is 32.6 Å². The molecule has 10 heteroatoms. The predicted molar refractivity (Wildman–Crippen MR) is 98.6 cm³/mol. The lowest BCUT2D eigenvalue weighted by Gasteiger charge is -2.43. The third kappa shape index (κ3) is 6.67. The Hall–Kier alpha value is -2.20. The van der Waals surface area contributed by atoms with E-state index in [0.29, 0.717) is 5.56 Å². The molecule has 3 heterocycles. The zero-order valence-corrected chi connectivity index (χ0v) is 16.5. The van der Waals surface area contributed by atoms with Gasteiger partial charge in [-0.1, -0.05) is 0 Å². The number of hydrogen-bond acceptors (Lipinski definition) is 5. The minimum Gasteiger partial charge on any atom is -0.475 e. The molecule has 1 aromatic heterocycles. The molecule has 0 aliphatic carbocycles. The Balaban J connectivity index is 0.000000370. The van der Waals surface area contributed by atoms with E-state index >= 15 is 0 Å². The van der Waals surface area contributed by atoms with Gasteiger partial charge in [0.25, 0.3) is 5.91 Å². The van der Waals surface area contributed by atoms with Crippen LogP contribution in [0.1, 0.15) is 28.9 Å². The maximum absolute atomic E-state index is 12.7. The number of ether oxygens (including phenoxy) is 1. The average Bonchev–Trinajstić information content (AvgIpc) is 2.82. The number of alkyl halides is 3. The fraction of sp³-hybridized carbons (Fsp3) is 0.632. The van der Waals surface area contributed by atoms with Crippen LogP contribution in [-0.2, 0) is 9.53 Å². The van der Waals surface area contributed by atoms with Gasteiger partial charge in [0, 0.05) is 43.5 Å². The van der Waals surface area contributed by atoms with Gasteiger partial charge in [0.15, 0.2) is 0 Å². The number of rotatable bonds is 1. The molecule has 1 aromatic rings. The van der Waals surface area contributed by atoms with Gasteiger partial charge in [0.2, 0.25) is 0 Å². The van der Waals surface area contributed by atoms with Crippen molar-refractivity contribution in [1.29, 1.82) is 0 Å². The molecular formula is C19H26F3N3O4. The number of hydrogen-bond donors (Lipinski definition) is 1. The number of likely N-dealkylation sites (tertiary alicyclic amines) is 1. The first-order valence-corrected chi connectivity index (χ1v) is 9.31. The second-order valence-electron chi connectivity index (χ2n) is 7.61. The van der Waals surface area contributed by atoms with Gasteiger partial charge in [0.05, 0.1) is 18.8 Å². The van der Waals surface area contributed by atoms with Gasteiger partial charge in [-0.3, -0.25) is 9.78 Å². The number of piperidine rings is 1. The van der Waals surface area contributed by atoms with Gasteiger partial charge in [-0.2, -0.15) is 13.2 Å². The van der Waals surface area contributed by atoms with Crippen molar-refractivity contribution in [2.45, 2.75) is 25.9 Å². The number of pyridine rings is 1. The summed E-state index contributed by atoms with van der Waals surface area (Å²) in [4.78, 5) is 30.2. The monoisotopic (exact) mass is 417 g/mol. The van der Waals surface area contributed by atoms with Crippen LogP contribution in [0, 0.1) is 12.3 Å². The summed E-state index contributed by atoms with van der Waals surface area (Å²) in [5.74, 6) is -2.66. The number of likely N-dealkylation sites (N-methyl/N-ethyl adjacent to an activating group) is 1. The Labute approximate surface area is 167 Å². The Bertz CT molecular complexity index is 712. The van der Waals surface area contributed by atoms with Crippen LogP contribution in [0.4, 0.5) is 13.2 Å². The van der Waals surface area contributed by atoms with Crippen molar-refractivity contribution in [3.05, 3.63) is 29.6 Å². The summed E-state index contributed by atoms with van der Waals surface area (Å²) in [6, 6.07) is 3.77. The van der Waals surface area contributed by atoms with Crippen molar-refractivity contribution >= 4 is 11.9 Å². The summed E-state index contributed by atoms with van der Waals surface area (Å²) in [5.41, 5.74) is 1.70. The second kappa shape index (κ2) is 9.53. The third-order valence-corrected chi connectivity index (χ3v) is 4.98. The molecule has 2 aliphatic heterocycles. The summed E-state index contributed by atoms with van der Waals surface area (Å²) >= 11 is 0. The quantitative estimate of drug-likeness (QED) is 0.755. The number of nitrogens with zero attached hydrogens (tertiary/aromatic N) is 3. The summed E-state index contributed by atoms with van der Waals surface area (Å²) in [6.07, 6.45) is -1.22. The first kappa shape index (κ1) is 23.1. The molecule has 29 heavy (non-hydrogen) atoms. The zero-order chi connectivity index (χ0) is 21.7. The molecule has 1 N–H and O–H groups in total. The number of carbonyl (C=O) groups is 2. The van der Waals surface area contributed by atoms with Gasteiger partial charge < -0.3 is 19.6 Å². The summed E-state index contributed by atoms with van der Waals surface area (Å²) < 4.78 is 37.6. The summed E-state index contributed by atoms with van der Waals surface area (Å²) in [5, 5.41) is 7.12. The lowest BCUT2D eigenvalue weighted by molar-refractivity contribution is -0.192. The van der Waals surface area contributed by atoms with Gasteiger partial charge in [-0.25, -0.2) is 4.79 Å². The highest BCUT2D eigenvalue weighted by atomic mass is 19.4. The molecule has 2 fully saturated rings. The van der Waals surface area contributed by atoms with Gasteiger partial charge >= 0.3 is 12.1 Å². The Morgan fingerprint density at radius 2 is 1.93 bits per heavy atom. The van der Waals surface area contributed by atoms with E-state index in [2.05, 4.69) is 16.9 Å². The first-order chi connectivity index (χ1) is 13.5. The number of carboxylic acid groups (broad SMARTS) is 1. The van der Waals surface area contributed by atoms with Crippen LogP contribution in [0.5, 0.6) is 0 Å². The molecule has 162 valence electrons. The first-order valence-electron chi connectivity index (χ1n) is 9.31. The summed E-state index contributed by atoms with van der Waals surface area (Å²) in [6.45, 7) is 7.06. The number of aliphatic carboxylic acids is 1. The smallest absolute Gasteiger partial charge is 0.475 e. The van der Waals surface area contributed by atoms with Crippen LogP contribution >= 0.6 is 0 Å². The van der Waals surface area contributed by atoms with E-state index in [1.54, 1.807) is 6.20 Å². The highest BCUT2D eigenvalue weighted by Gasteiger charge is 2.40. The maximum Gasteiger partial charge on any atom is 0.490 e. The van der Waals surface area contributed by atoms with Gasteiger partial charge in [0.1, 0.15) is 0 Å². The molecule has 2 saturated heterocycles. The van der Waals surface area contributed by atoms with Crippen molar-refractivity contribution in [3.63, 3.8) is 0 Å². The van der Waals surface area contributed by atoms with Crippen LogP contribution in [0.2, 0.25) is 0 Å². The molecular weight excluding hydrogens is 391 g/mol. The molecule has 0 saturated carbocycles. The standard InChI is InChI=1S/C17H25N3O2.C2HF3O2/c1-14-4-5-15(10-18-14)16(21)20-7-3-6-17(12-20)11-19(2)8-9-22-13-17;3-2(4,5)1(6)7/h4-5,10H,3,6-9,11-13H2,1-2H3;(H,6,7). The van der Waals surface area contributed by atoms with E-state index in [9.17, 15) is 18.0 Å². The van der Waals surface area contributed by atoms with Crippen LogP contribution in [0.3, 0.4) is 0 Å². The number of carbonyl (C=O) groups excluding carboxylic acids is 1. The van der Waals surface area contributed by atoms with E-state index in [4.69, 9.17) is 14.6 Å². The predicted octanol–water partition coefficient (Wildman–Crippen LogP) is 2.21. The molecule has 1 spiro atoms. The number of halogens is 3.